The van der Waals surface area contributed by atoms with Gasteiger partial charge in [-0.15, -0.1) is 0 Å². The molecule has 35 heavy (non-hydrogen) atoms. The number of allylic oxidation sites excluding steroid dienone is 2. The molecule has 0 saturated carbocycles. The fraction of sp³-hybridized carbons (Fsp3) is 0.727. The van der Waals surface area contributed by atoms with Gasteiger partial charge in [0.2, 0.25) is 20.0 Å². The molecule has 0 aromatic heterocycles. The van der Waals surface area contributed by atoms with E-state index >= 15 is 0 Å². The van der Waals surface area contributed by atoms with Crippen molar-refractivity contribution in [1.82, 2.24) is 9.44 Å². The minimum Gasteiger partial charge on any atom is -0.549 e. The molecule has 0 amide bonds. The normalized spacial score (nSPS) is 11.7. The van der Waals surface area contributed by atoms with E-state index in [0.29, 0.717) is 12.8 Å². The molecule has 10 nitrogen and oxygen atoms in total. The summed E-state index contributed by atoms with van der Waals surface area (Å²) in [5.74, 6) is -2.89. The van der Waals surface area contributed by atoms with Crippen LogP contribution in [0.3, 0.4) is 0 Å². The molecule has 0 fully saturated rings. The van der Waals surface area contributed by atoms with E-state index in [1.807, 2.05) is 9.44 Å². The molecule has 0 radical (unpaired) electrons. The Morgan fingerprint density at radius 3 is 1.23 bits per heavy atom. The first-order valence-electron chi connectivity index (χ1n) is 11.7. The molecular weight excluding hydrogens is 524 g/mol. The Kier molecular flexibility index (Phi) is 28.1. The quantitative estimate of drug-likeness (QED) is 0.160. The molecule has 0 aromatic carbocycles. The van der Waals surface area contributed by atoms with Crippen molar-refractivity contribution in [2.75, 3.05) is 13.1 Å². The van der Waals surface area contributed by atoms with Crippen molar-refractivity contribution in [3.63, 3.8) is 0 Å². The fourth-order valence-electron chi connectivity index (χ4n) is 2.54. The fourth-order valence-corrected chi connectivity index (χ4v) is 4.15. The van der Waals surface area contributed by atoms with Crippen LogP contribution < -0.4 is 19.7 Å². The molecule has 0 aliphatic carbocycles. The third kappa shape index (κ3) is 33.5. The van der Waals surface area contributed by atoms with E-state index in [1.54, 1.807) is 12.2 Å². The molecule has 13 heteroatoms. The van der Waals surface area contributed by atoms with Gasteiger partial charge in [0.15, 0.2) is 0 Å². The number of nitrogens with one attached hydrogen (secondary N) is 2. The molecule has 0 aromatic rings. The maximum absolute atomic E-state index is 11.2. The summed E-state index contributed by atoms with van der Waals surface area (Å²) in [5, 5.41) is 22.1. The average Bonchev–Trinajstić information content (AvgIpc) is 2.76. The molecule has 0 heterocycles. The summed E-state index contributed by atoms with van der Waals surface area (Å²) in [5.41, 5.74) is 0. The summed E-state index contributed by atoms with van der Waals surface area (Å²) in [6, 6.07) is 0. The van der Waals surface area contributed by atoms with Gasteiger partial charge in [-0.3, -0.25) is 0 Å². The van der Waals surface area contributed by atoms with Gasteiger partial charge >= 0.3 is 37.7 Å². The molecule has 0 aliphatic rings. The number of carbonyl (C=O) groups is 2. The van der Waals surface area contributed by atoms with Gasteiger partial charge in [-0.2, -0.15) is 0 Å². The molecule has 0 spiro atoms. The van der Waals surface area contributed by atoms with Gasteiger partial charge in [-0.25, -0.2) is 26.3 Å². The molecule has 0 aliphatic heterocycles. The second-order valence-electron chi connectivity index (χ2n) is 7.63. The van der Waals surface area contributed by atoms with E-state index in [-0.39, 0.29) is 37.7 Å². The van der Waals surface area contributed by atoms with Gasteiger partial charge in [-0.1, -0.05) is 77.4 Å². The summed E-state index contributed by atoms with van der Waals surface area (Å²) < 4.78 is 48.5. The van der Waals surface area contributed by atoms with Crippen molar-refractivity contribution in [2.24, 2.45) is 0 Å². The van der Waals surface area contributed by atoms with Crippen LogP contribution in [-0.4, -0.2) is 79.6 Å². The maximum Gasteiger partial charge on any atom is 2.00 e. The summed E-state index contributed by atoms with van der Waals surface area (Å²) >= 11 is 0. The van der Waals surface area contributed by atoms with Crippen LogP contribution in [0.25, 0.3) is 0 Å². The van der Waals surface area contributed by atoms with Crippen LogP contribution >= 0.6 is 0 Å². The van der Waals surface area contributed by atoms with Gasteiger partial charge < -0.3 is 19.8 Å². The smallest absolute Gasteiger partial charge is 0.549 e. The van der Waals surface area contributed by atoms with E-state index in [9.17, 15) is 36.6 Å². The number of rotatable bonds is 20. The van der Waals surface area contributed by atoms with Crippen molar-refractivity contribution in [3.8, 4) is 0 Å². The van der Waals surface area contributed by atoms with Gasteiger partial charge in [0.05, 0.1) is 25.0 Å². The molecule has 0 bridgehead atoms. The van der Waals surface area contributed by atoms with E-state index in [0.717, 1.165) is 36.5 Å². The second-order valence-corrected chi connectivity index (χ2v) is 10.9. The Morgan fingerprint density at radius 1 is 0.629 bits per heavy atom. The van der Waals surface area contributed by atoms with Crippen molar-refractivity contribution in [3.05, 3.63) is 23.0 Å². The van der Waals surface area contributed by atoms with E-state index in [2.05, 4.69) is 13.8 Å². The summed E-state index contributed by atoms with van der Waals surface area (Å²) in [4.78, 5) is 20.1. The Morgan fingerprint density at radius 2 is 0.943 bits per heavy atom. The predicted octanol–water partition coefficient (Wildman–Crippen LogP) is 0.679. The standard InChI is InChI=1S/2C11H21NO4S.Ca/c2*1-2-3-4-5-6-7-8-9-17(15,16)12-10-11(13)14;/h2*8-9,12H,2-7,10H2,1H3,(H,13,14);/q;;+2/p-2/b2*9-8+;. The van der Waals surface area contributed by atoms with Crippen molar-refractivity contribution in [2.45, 2.75) is 90.9 Å². The van der Waals surface area contributed by atoms with Gasteiger partial charge in [0, 0.05) is 10.8 Å². The van der Waals surface area contributed by atoms with Gasteiger partial charge in [0.1, 0.15) is 0 Å². The van der Waals surface area contributed by atoms with Crippen LogP contribution in [0.4, 0.5) is 0 Å². The predicted molar refractivity (Wildman–Crippen MR) is 135 cm³/mol. The Bertz CT molecular complexity index is 745. The molecule has 0 unspecified atom stereocenters. The summed E-state index contributed by atoms with van der Waals surface area (Å²) in [6.45, 7) is 2.89. The second kappa shape index (κ2) is 25.2. The average molecular weight is 565 g/mol. The first-order valence-corrected chi connectivity index (χ1v) is 14.8. The zero-order valence-electron chi connectivity index (χ0n) is 21.0. The molecule has 2 N–H and O–H groups in total. The number of hydrogen-bond donors (Lipinski definition) is 2. The topological polar surface area (TPSA) is 173 Å². The van der Waals surface area contributed by atoms with Crippen LogP contribution in [0.15, 0.2) is 23.0 Å². The SMILES string of the molecule is CCCCCCC/C=C/S(=O)(=O)NCC(=O)[O-].CCCCCCC/C=C/S(=O)(=O)NCC(=O)[O-].[Ca+2]. The zero-order chi connectivity index (χ0) is 26.3. The van der Waals surface area contributed by atoms with E-state index < -0.39 is 45.1 Å². The number of sulfonamides is 2. The van der Waals surface area contributed by atoms with E-state index in [1.165, 1.54) is 38.5 Å². The zero-order valence-corrected chi connectivity index (χ0v) is 24.8. The molecule has 0 saturated heterocycles. The van der Waals surface area contributed by atoms with Crippen LogP contribution in [0.5, 0.6) is 0 Å². The number of aliphatic carboxylic acids is 2. The van der Waals surface area contributed by atoms with Crippen LogP contribution in [0.1, 0.15) is 90.9 Å². The maximum atomic E-state index is 11.2. The Hall–Kier alpha value is -0.500. The minimum atomic E-state index is -3.63. The van der Waals surface area contributed by atoms with E-state index in [4.69, 9.17) is 0 Å². The number of hydrogen-bond acceptors (Lipinski definition) is 8. The number of carboxylic acid groups (broad SMARTS) is 2. The Labute approximate surface area is 241 Å². The molecule has 200 valence electrons. The summed E-state index contributed by atoms with van der Waals surface area (Å²) in [6.07, 6.45) is 15.6. The first-order chi connectivity index (χ1) is 16.0. The molecule has 0 atom stereocenters. The van der Waals surface area contributed by atoms with Crippen molar-refractivity contribution < 1.29 is 36.6 Å². The summed E-state index contributed by atoms with van der Waals surface area (Å²) in [7, 11) is -7.25. The van der Waals surface area contributed by atoms with Gasteiger partial charge in [-0.05, 0) is 25.7 Å². The van der Waals surface area contributed by atoms with Crippen LogP contribution in [-0.2, 0) is 29.6 Å². The molecular formula is C22H40CaN2O8S2. The largest absolute Gasteiger partial charge is 2.00 e. The van der Waals surface area contributed by atoms with Crippen molar-refractivity contribution >= 4 is 69.7 Å². The van der Waals surface area contributed by atoms with Gasteiger partial charge in [0.25, 0.3) is 0 Å². The first kappa shape index (κ1) is 39.0. The van der Waals surface area contributed by atoms with Crippen molar-refractivity contribution in [1.29, 1.82) is 0 Å². The Balaban J connectivity index is -0.000000569. The number of carbonyl (C=O) groups excluding carboxylic acids is 2. The minimum absolute atomic E-state index is 0. The number of carboxylic acids is 2. The number of unbranched alkanes of at least 4 members (excludes halogenated alkanes) is 10. The van der Waals surface area contributed by atoms with Crippen LogP contribution in [0, 0.1) is 0 Å². The third-order valence-corrected chi connectivity index (χ3v) is 6.53. The molecule has 0 rings (SSSR count). The monoisotopic (exact) mass is 564 g/mol. The van der Waals surface area contributed by atoms with Crippen LogP contribution in [0.2, 0.25) is 0 Å². The third-order valence-electron chi connectivity index (χ3n) is 4.33.